The van der Waals surface area contributed by atoms with Crippen molar-refractivity contribution in [2.75, 3.05) is 13.2 Å². The molecule has 2 rings (SSSR count). The summed E-state index contributed by atoms with van der Waals surface area (Å²) in [6.07, 6.45) is 1.44. The molecular formula is C17H15Cl2IN2O4. The van der Waals surface area contributed by atoms with Crippen molar-refractivity contribution in [3.05, 3.63) is 49.5 Å². The number of carbonyl (C=O) groups is 1. The predicted octanol–water partition coefficient (Wildman–Crippen LogP) is 4.23. The van der Waals surface area contributed by atoms with Crippen molar-refractivity contribution < 1.29 is 19.4 Å². The predicted molar refractivity (Wildman–Crippen MR) is 110 cm³/mol. The van der Waals surface area contributed by atoms with E-state index in [4.69, 9.17) is 32.7 Å². The first-order valence-electron chi connectivity index (χ1n) is 7.45. The molecule has 0 aromatic heterocycles. The number of ether oxygens (including phenoxy) is 2. The number of carbonyl (C=O) groups excluding carboxylic acids is 1. The highest BCUT2D eigenvalue weighted by molar-refractivity contribution is 14.1. The maximum atomic E-state index is 11.8. The number of halogens is 3. The van der Waals surface area contributed by atoms with E-state index in [1.165, 1.54) is 12.3 Å². The fourth-order valence-corrected chi connectivity index (χ4v) is 2.97. The zero-order valence-electron chi connectivity index (χ0n) is 13.6. The first-order valence-corrected chi connectivity index (χ1v) is 9.29. The molecule has 6 nitrogen and oxygen atoms in total. The van der Waals surface area contributed by atoms with Gasteiger partial charge in [-0.2, -0.15) is 5.10 Å². The molecule has 0 saturated carbocycles. The minimum absolute atomic E-state index is 0.0712. The lowest BCUT2D eigenvalue weighted by Crippen LogP contribution is -2.24. The van der Waals surface area contributed by atoms with Crippen molar-refractivity contribution in [1.82, 2.24) is 5.43 Å². The Balaban J connectivity index is 1.92. The summed E-state index contributed by atoms with van der Waals surface area (Å²) in [5.41, 5.74) is 3.01. The second-order valence-corrected chi connectivity index (χ2v) is 6.94. The van der Waals surface area contributed by atoms with Gasteiger partial charge in [-0.3, -0.25) is 4.79 Å². The molecule has 0 radical (unpaired) electrons. The number of hydrazone groups is 1. The molecule has 0 fully saturated rings. The van der Waals surface area contributed by atoms with Crippen LogP contribution in [0.15, 0.2) is 35.4 Å². The molecule has 0 bridgehead atoms. The molecule has 0 atom stereocenters. The second-order valence-electron chi connectivity index (χ2n) is 4.94. The number of phenolic OH excluding ortho intramolecular Hbond substituents is 1. The van der Waals surface area contributed by atoms with Crippen LogP contribution in [0.25, 0.3) is 0 Å². The standard InChI is InChI=1S/C17H15Cl2IN2O4/c1-2-25-15-6-10(5-13(20)17(15)24)8-21-22-16(23)9-26-14-4-3-11(18)7-12(14)19/h3-8,24H,2,9H2,1H3,(H,22,23)/b21-8-. The van der Waals surface area contributed by atoms with E-state index < -0.39 is 5.91 Å². The molecule has 0 unspecified atom stereocenters. The number of hydrogen-bond donors (Lipinski definition) is 2. The highest BCUT2D eigenvalue weighted by Crippen LogP contribution is 2.32. The Bertz CT molecular complexity index is 831. The summed E-state index contributed by atoms with van der Waals surface area (Å²) in [5.74, 6) is 0.324. The fraction of sp³-hybridized carbons (Fsp3) is 0.176. The van der Waals surface area contributed by atoms with E-state index >= 15 is 0 Å². The summed E-state index contributed by atoms with van der Waals surface area (Å²) in [4.78, 5) is 11.8. The Kier molecular flexibility index (Phi) is 7.80. The second kappa shape index (κ2) is 9.84. The van der Waals surface area contributed by atoms with E-state index in [1.54, 1.807) is 24.3 Å². The van der Waals surface area contributed by atoms with E-state index in [0.717, 1.165) is 0 Å². The SMILES string of the molecule is CCOc1cc(/C=N\NC(=O)COc2ccc(Cl)cc2Cl)cc(I)c1O. The minimum atomic E-state index is -0.453. The van der Waals surface area contributed by atoms with E-state index in [1.807, 2.05) is 29.5 Å². The highest BCUT2D eigenvalue weighted by Gasteiger charge is 2.09. The maximum Gasteiger partial charge on any atom is 0.277 e. The Morgan fingerprint density at radius 3 is 2.73 bits per heavy atom. The molecular weight excluding hydrogens is 494 g/mol. The van der Waals surface area contributed by atoms with Crippen molar-refractivity contribution >= 4 is 57.9 Å². The van der Waals surface area contributed by atoms with Gasteiger partial charge in [0.05, 0.1) is 21.4 Å². The number of nitrogens with zero attached hydrogens (tertiary/aromatic N) is 1. The van der Waals surface area contributed by atoms with Crippen molar-refractivity contribution in [2.24, 2.45) is 5.10 Å². The average molecular weight is 509 g/mol. The summed E-state index contributed by atoms with van der Waals surface area (Å²) in [6, 6.07) is 8.05. The van der Waals surface area contributed by atoms with Crippen LogP contribution in [-0.2, 0) is 4.79 Å². The molecule has 26 heavy (non-hydrogen) atoms. The zero-order valence-corrected chi connectivity index (χ0v) is 17.3. The molecule has 0 aliphatic carbocycles. The lowest BCUT2D eigenvalue weighted by Gasteiger charge is -2.08. The smallest absolute Gasteiger partial charge is 0.277 e. The molecule has 1 amide bonds. The van der Waals surface area contributed by atoms with Crippen LogP contribution in [0.2, 0.25) is 10.0 Å². The molecule has 0 spiro atoms. The van der Waals surface area contributed by atoms with Gasteiger partial charge in [-0.15, -0.1) is 0 Å². The van der Waals surface area contributed by atoms with E-state index in [9.17, 15) is 9.90 Å². The monoisotopic (exact) mass is 508 g/mol. The van der Waals surface area contributed by atoms with Crippen molar-refractivity contribution in [3.63, 3.8) is 0 Å². The van der Waals surface area contributed by atoms with Gasteiger partial charge in [0.25, 0.3) is 5.91 Å². The van der Waals surface area contributed by atoms with Crippen molar-refractivity contribution in [2.45, 2.75) is 6.92 Å². The minimum Gasteiger partial charge on any atom is -0.504 e. The molecule has 2 aromatic rings. The third kappa shape index (κ3) is 5.93. The summed E-state index contributed by atoms with van der Waals surface area (Å²) in [6.45, 7) is 1.99. The Labute approximate surface area is 174 Å². The van der Waals surface area contributed by atoms with Gasteiger partial charge >= 0.3 is 0 Å². The summed E-state index contributed by atoms with van der Waals surface area (Å²) in [7, 11) is 0. The van der Waals surface area contributed by atoms with E-state index in [-0.39, 0.29) is 12.4 Å². The average Bonchev–Trinajstić information content (AvgIpc) is 2.58. The third-order valence-corrected chi connectivity index (χ3v) is 4.36. The number of amides is 1. The number of phenols is 1. The van der Waals surface area contributed by atoms with E-state index in [0.29, 0.717) is 37.3 Å². The van der Waals surface area contributed by atoms with E-state index in [2.05, 4.69) is 10.5 Å². The van der Waals surface area contributed by atoms with Crippen molar-refractivity contribution in [1.29, 1.82) is 0 Å². The van der Waals surface area contributed by atoms with Crippen LogP contribution < -0.4 is 14.9 Å². The van der Waals surface area contributed by atoms with Crippen molar-refractivity contribution in [3.8, 4) is 17.2 Å². The first kappa shape index (κ1) is 20.6. The van der Waals surface area contributed by atoms with Gasteiger partial charge in [0.15, 0.2) is 18.1 Å². The molecule has 9 heteroatoms. The number of benzene rings is 2. The molecule has 138 valence electrons. The lowest BCUT2D eigenvalue weighted by molar-refractivity contribution is -0.123. The number of nitrogens with one attached hydrogen (secondary N) is 1. The topological polar surface area (TPSA) is 80.2 Å². The van der Waals surface area contributed by atoms with Gasteiger partial charge in [0, 0.05) is 5.02 Å². The van der Waals surface area contributed by atoms with Gasteiger partial charge in [-0.25, -0.2) is 5.43 Å². The molecule has 0 aliphatic heterocycles. The van der Waals surface area contributed by atoms with Crippen LogP contribution in [0, 0.1) is 3.57 Å². The number of rotatable bonds is 7. The number of hydrogen-bond acceptors (Lipinski definition) is 5. The Hall–Kier alpha value is -1.71. The largest absolute Gasteiger partial charge is 0.504 e. The first-order chi connectivity index (χ1) is 12.4. The summed E-state index contributed by atoms with van der Waals surface area (Å²) >= 11 is 13.7. The van der Waals surface area contributed by atoms with Crippen LogP contribution in [0.1, 0.15) is 12.5 Å². The normalized spacial score (nSPS) is 10.8. The molecule has 0 heterocycles. The maximum absolute atomic E-state index is 11.8. The van der Waals surface area contributed by atoms with Gasteiger partial charge in [-0.1, -0.05) is 23.2 Å². The summed E-state index contributed by atoms with van der Waals surface area (Å²) in [5, 5.41) is 14.6. The Morgan fingerprint density at radius 2 is 2.04 bits per heavy atom. The third-order valence-electron chi connectivity index (χ3n) is 3.01. The summed E-state index contributed by atoms with van der Waals surface area (Å²) < 4.78 is 11.3. The molecule has 2 N–H and O–H groups in total. The lowest BCUT2D eigenvalue weighted by atomic mass is 10.2. The molecule has 0 saturated heterocycles. The Morgan fingerprint density at radius 1 is 1.27 bits per heavy atom. The van der Waals surface area contributed by atoms with Gasteiger partial charge < -0.3 is 14.6 Å². The highest BCUT2D eigenvalue weighted by atomic mass is 127. The zero-order chi connectivity index (χ0) is 19.1. The van der Waals surface area contributed by atoms with Crippen LogP contribution in [0.5, 0.6) is 17.2 Å². The van der Waals surface area contributed by atoms with Crippen LogP contribution in [0.4, 0.5) is 0 Å². The number of aromatic hydroxyl groups is 1. The van der Waals surface area contributed by atoms with Crippen LogP contribution >= 0.6 is 45.8 Å². The van der Waals surface area contributed by atoms with Crippen LogP contribution in [-0.4, -0.2) is 30.4 Å². The van der Waals surface area contributed by atoms with Gasteiger partial charge in [0.1, 0.15) is 5.75 Å². The van der Waals surface area contributed by atoms with Crippen LogP contribution in [0.3, 0.4) is 0 Å². The molecule has 2 aromatic carbocycles. The van der Waals surface area contributed by atoms with Gasteiger partial charge in [0.2, 0.25) is 0 Å². The fourth-order valence-electron chi connectivity index (χ4n) is 1.88. The quantitative estimate of drug-likeness (QED) is 0.333. The van der Waals surface area contributed by atoms with Gasteiger partial charge in [-0.05, 0) is 65.4 Å². The molecule has 0 aliphatic rings.